The third-order valence-electron chi connectivity index (χ3n) is 5.29. The molecule has 0 unspecified atom stereocenters. The van der Waals surface area contributed by atoms with Gasteiger partial charge < -0.3 is 14.5 Å². The third kappa shape index (κ3) is 4.20. The molecule has 0 radical (unpaired) electrons. The van der Waals surface area contributed by atoms with Gasteiger partial charge in [0.15, 0.2) is 0 Å². The Morgan fingerprint density at radius 2 is 1.82 bits per heavy atom. The fourth-order valence-electron chi connectivity index (χ4n) is 3.80. The number of ether oxygens (including phenoxy) is 1. The summed E-state index contributed by atoms with van der Waals surface area (Å²) in [7, 11) is 0. The number of morpholine rings is 1. The molecule has 1 saturated heterocycles. The van der Waals surface area contributed by atoms with Crippen molar-refractivity contribution in [2.45, 2.75) is 38.3 Å². The number of anilines is 2. The van der Waals surface area contributed by atoms with Crippen molar-refractivity contribution in [1.29, 1.82) is 5.26 Å². The van der Waals surface area contributed by atoms with Crippen molar-refractivity contribution >= 4 is 11.9 Å². The van der Waals surface area contributed by atoms with E-state index in [9.17, 15) is 9.65 Å². The molecule has 1 aliphatic heterocycles. The van der Waals surface area contributed by atoms with Gasteiger partial charge in [0.05, 0.1) is 13.2 Å². The Kier molecular flexibility index (Phi) is 5.63. The first-order valence-corrected chi connectivity index (χ1v) is 9.73. The number of halogens is 1. The van der Waals surface area contributed by atoms with E-state index in [1.807, 2.05) is 4.90 Å². The molecule has 4 rings (SSSR count). The van der Waals surface area contributed by atoms with Gasteiger partial charge in [-0.05, 0) is 30.5 Å². The Balaban J connectivity index is 1.68. The first-order valence-electron chi connectivity index (χ1n) is 9.73. The molecule has 28 heavy (non-hydrogen) atoms. The van der Waals surface area contributed by atoms with Gasteiger partial charge in [0.2, 0.25) is 17.7 Å². The summed E-state index contributed by atoms with van der Waals surface area (Å²) in [6.07, 6.45) is 4.44. The highest BCUT2D eigenvalue weighted by Gasteiger charge is 2.27. The SMILES string of the molecule is N#Cc1nc(N2CCOCC2)nc(N(Cc2ccc(F)cc2)C2CCCC2)n1. The van der Waals surface area contributed by atoms with E-state index in [2.05, 4.69) is 20.9 Å². The second kappa shape index (κ2) is 8.48. The first kappa shape index (κ1) is 18.6. The van der Waals surface area contributed by atoms with Crippen LogP contribution in [0.25, 0.3) is 0 Å². The summed E-state index contributed by atoms with van der Waals surface area (Å²) in [4.78, 5) is 17.6. The van der Waals surface area contributed by atoms with Crippen LogP contribution in [0.1, 0.15) is 37.1 Å². The molecule has 146 valence electrons. The zero-order valence-electron chi connectivity index (χ0n) is 15.7. The minimum absolute atomic E-state index is 0.119. The molecule has 1 aromatic heterocycles. The van der Waals surface area contributed by atoms with Crippen LogP contribution in [0.3, 0.4) is 0 Å². The van der Waals surface area contributed by atoms with Gasteiger partial charge >= 0.3 is 0 Å². The van der Waals surface area contributed by atoms with Gasteiger partial charge in [0, 0.05) is 25.7 Å². The molecule has 2 fully saturated rings. The van der Waals surface area contributed by atoms with Gasteiger partial charge in [-0.15, -0.1) is 0 Å². The van der Waals surface area contributed by atoms with Crippen molar-refractivity contribution in [2.75, 3.05) is 36.1 Å². The molecule has 0 amide bonds. The number of rotatable bonds is 5. The fourth-order valence-corrected chi connectivity index (χ4v) is 3.80. The minimum atomic E-state index is -0.252. The van der Waals surface area contributed by atoms with E-state index in [0.717, 1.165) is 31.2 Å². The fraction of sp³-hybridized carbons (Fsp3) is 0.500. The number of aromatic nitrogens is 3. The first-order chi connectivity index (χ1) is 13.7. The molecule has 1 saturated carbocycles. The van der Waals surface area contributed by atoms with Crippen molar-refractivity contribution in [2.24, 2.45) is 0 Å². The Bertz CT molecular complexity index is 841. The monoisotopic (exact) mass is 382 g/mol. The van der Waals surface area contributed by atoms with E-state index in [1.54, 1.807) is 12.1 Å². The van der Waals surface area contributed by atoms with E-state index >= 15 is 0 Å². The summed E-state index contributed by atoms with van der Waals surface area (Å²) in [6, 6.07) is 8.87. The average molecular weight is 382 g/mol. The zero-order chi connectivity index (χ0) is 19.3. The van der Waals surface area contributed by atoms with Gasteiger partial charge in [0.1, 0.15) is 11.9 Å². The summed E-state index contributed by atoms with van der Waals surface area (Å²) in [5.74, 6) is 0.905. The standard InChI is InChI=1S/C20H23FN6O/c21-16-7-5-15(6-8-16)14-27(17-3-1-2-4-17)20-24-18(13-22)23-19(25-20)26-9-11-28-12-10-26/h5-8,17H,1-4,9-12,14H2. The van der Waals surface area contributed by atoms with Crippen molar-refractivity contribution in [3.8, 4) is 6.07 Å². The maximum Gasteiger partial charge on any atom is 0.238 e. The quantitative estimate of drug-likeness (QED) is 0.787. The van der Waals surface area contributed by atoms with Crippen molar-refractivity contribution in [3.05, 3.63) is 41.5 Å². The molecule has 2 aliphatic rings. The number of benzene rings is 1. The third-order valence-corrected chi connectivity index (χ3v) is 5.29. The molecular weight excluding hydrogens is 359 g/mol. The minimum Gasteiger partial charge on any atom is -0.378 e. The molecule has 1 aliphatic carbocycles. The van der Waals surface area contributed by atoms with Gasteiger partial charge in [-0.1, -0.05) is 25.0 Å². The van der Waals surface area contributed by atoms with Gasteiger partial charge in [-0.25, -0.2) is 4.39 Å². The molecule has 7 nitrogen and oxygen atoms in total. The predicted molar refractivity (Wildman–Crippen MR) is 102 cm³/mol. The van der Waals surface area contributed by atoms with Crippen LogP contribution in [-0.2, 0) is 11.3 Å². The molecular formula is C20H23FN6O. The lowest BCUT2D eigenvalue weighted by atomic mass is 10.1. The predicted octanol–water partition coefficient (Wildman–Crippen LogP) is 2.67. The highest BCUT2D eigenvalue weighted by Crippen LogP contribution is 2.29. The van der Waals surface area contributed by atoms with Crippen LogP contribution >= 0.6 is 0 Å². The molecule has 8 heteroatoms. The number of hydrogen-bond acceptors (Lipinski definition) is 7. The normalized spacial score (nSPS) is 17.5. The van der Waals surface area contributed by atoms with Gasteiger partial charge in [-0.2, -0.15) is 20.2 Å². The molecule has 1 aromatic carbocycles. The van der Waals surface area contributed by atoms with Crippen LogP contribution in [0.15, 0.2) is 24.3 Å². The molecule has 0 bridgehead atoms. The molecule has 0 atom stereocenters. The number of hydrogen-bond donors (Lipinski definition) is 0. The van der Waals surface area contributed by atoms with Crippen LogP contribution < -0.4 is 9.80 Å². The van der Waals surface area contributed by atoms with E-state index in [4.69, 9.17) is 9.72 Å². The average Bonchev–Trinajstić information content (AvgIpc) is 3.28. The highest BCUT2D eigenvalue weighted by atomic mass is 19.1. The van der Waals surface area contributed by atoms with E-state index in [0.29, 0.717) is 50.8 Å². The van der Waals surface area contributed by atoms with Crippen molar-refractivity contribution < 1.29 is 9.13 Å². The summed E-state index contributed by atoms with van der Waals surface area (Å²) < 4.78 is 18.7. The number of nitriles is 1. The van der Waals surface area contributed by atoms with Crippen LogP contribution in [0.4, 0.5) is 16.3 Å². The van der Waals surface area contributed by atoms with Crippen LogP contribution in [0, 0.1) is 17.1 Å². The van der Waals surface area contributed by atoms with Crippen LogP contribution in [0.5, 0.6) is 0 Å². The summed E-state index contributed by atoms with van der Waals surface area (Å²) in [5, 5.41) is 9.45. The van der Waals surface area contributed by atoms with E-state index < -0.39 is 0 Å². The lowest BCUT2D eigenvalue weighted by Crippen LogP contribution is -2.39. The maximum atomic E-state index is 13.3. The Labute approximate surface area is 163 Å². The lowest BCUT2D eigenvalue weighted by Gasteiger charge is -2.31. The summed E-state index contributed by atoms with van der Waals surface area (Å²) in [5.41, 5.74) is 0.986. The second-order valence-electron chi connectivity index (χ2n) is 7.16. The molecule has 2 heterocycles. The second-order valence-corrected chi connectivity index (χ2v) is 7.16. The topological polar surface area (TPSA) is 78.2 Å². The summed E-state index contributed by atoms with van der Waals surface area (Å²) in [6.45, 7) is 3.18. The van der Waals surface area contributed by atoms with Crippen molar-refractivity contribution in [3.63, 3.8) is 0 Å². The smallest absolute Gasteiger partial charge is 0.238 e. The maximum absolute atomic E-state index is 13.3. The van der Waals surface area contributed by atoms with Gasteiger partial charge in [-0.3, -0.25) is 0 Å². The Morgan fingerprint density at radius 3 is 2.50 bits per heavy atom. The Hall–Kier alpha value is -2.79. The van der Waals surface area contributed by atoms with E-state index in [1.165, 1.54) is 12.1 Å². The largest absolute Gasteiger partial charge is 0.378 e. The highest BCUT2D eigenvalue weighted by molar-refractivity contribution is 5.43. The van der Waals surface area contributed by atoms with Gasteiger partial charge in [0.25, 0.3) is 0 Å². The van der Waals surface area contributed by atoms with E-state index in [-0.39, 0.29) is 11.6 Å². The molecule has 0 N–H and O–H groups in total. The Morgan fingerprint density at radius 1 is 1.11 bits per heavy atom. The van der Waals surface area contributed by atoms with Crippen molar-refractivity contribution in [1.82, 2.24) is 15.0 Å². The van der Waals surface area contributed by atoms with Crippen LogP contribution in [-0.4, -0.2) is 47.3 Å². The lowest BCUT2D eigenvalue weighted by molar-refractivity contribution is 0.122. The molecule has 0 spiro atoms. The van der Waals surface area contributed by atoms with Crippen LogP contribution in [0.2, 0.25) is 0 Å². The molecule has 2 aromatic rings. The zero-order valence-corrected chi connectivity index (χ0v) is 15.7. The summed E-state index contributed by atoms with van der Waals surface area (Å²) >= 11 is 0. The number of nitrogens with zero attached hydrogens (tertiary/aromatic N) is 6.